The van der Waals surface area contributed by atoms with Crippen LogP contribution in [0.2, 0.25) is 0 Å². The minimum atomic E-state index is 0.0140. The molecule has 6 heteroatoms. The van der Waals surface area contributed by atoms with E-state index < -0.39 is 0 Å². The molecule has 1 aromatic heterocycles. The molecule has 0 bridgehead atoms. The molecule has 3 N–H and O–H groups in total. The summed E-state index contributed by atoms with van der Waals surface area (Å²) in [5.41, 5.74) is 3.05. The van der Waals surface area contributed by atoms with E-state index in [0.717, 1.165) is 19.5 Å². The van der Waals surface area contributed by atoms with Gasteiger partial charge >= 0.3 is 0 Å². The van der Waals surface area contributed by atoms with Crippen molar-refractivity contribution in [3.8, 4) is 0 Å². The van der Waals surface area contributed by atoms with Crippen LogP contribution in [0.3, 0.4) is 0 Å². The molecule has 0 aliphatic heterocycles. The first-order valence-corrected chi connectivity index (χ1v) is 6.45. The Bertz CT molecular complexity index is 408. The number of carbonyl (C=O) groups excluding carboxylic acids is 1. The molecular formula is C13H23N5O. The zero-order valence-corrected chi connectivity index (χ0v) is 11.9. The topological polar surface area (TPSA) is 74.5 Å². The number of hydrogen-bond donors (Lipinski definition) is 2. The van der Waals surface area contributed by atoms with Crippen molar-refractivity contribution in [2.45, 2.75) is 13.3 Å². The van der Waals surface area contributed by atoms with E-state index in [1.54, 1.807) is 18.3 Å². The molecule has 106 valence electrons. The number of carbonyl (C=O) groups is 1. The lowest BCUT2D eigenvalue weighted by Crippen LogP contribution is -2.33. The zero-order chi connectivity index (χ0) is 14.3. The van der Waals surface area contributed by atoms with Crippen LogP contribution in [0.5, 0.6) is 0 Å². The Morgan fingerprint density at radius 1 is 1.42 bits per heavy atom. The molecule has 0 aliphatic carbocycles. The van der Waals surface area contributed by atoms with E-state index in [9.17, 15) is 4.79 Å². The van der Waals surface area contributed by atoms with E-state index in [0.29, 0.717) is 17.9 Å². The third-order valence-corrected chi connectivity index (χ3v) is 2.86. The molecule has 0 unspecified atom stereocenters. The first kappa shape index (κ1) is 15.4. The highest BCUT2D eigenvalue weighted by Gasteiger charge is 2.14. The molecule has 0 aliphatic rings. The number of nitrogens with zero attached hydrogens (tertiary/aromatic N) is 3. The molecule has 1 aromatic rings. The molecule has 1 amide bonds. The largest absolute Gasteiger partial charge is 0.339 e. The minimum absolute atomic E-state index is 0.0140. The average Bonchev–Trinajstić information content (AvgIpc) is 2.42. The first-order valence-electron chi connectivity index (χ1n) is 6.45. The third kappa shape index (κ3) is 4.84. The Morgan fingerprint density at radius 2 is 2.16 bits per heavy atom. The molecule has 0 spiro atoms. The molecule has 19 heavy (non-hydrogen) atoms. The average molecular weight is 265 g/mol. The smallest absolute Gasteiger partial charge is 0.254 e. The number of nitrogens with two attached hydrogens (primary N) is 1. The normalized spacial score (nSPS) is 10.6. The molecule has 1 rings (SSSR count). The molecule has 0 saturated carbocycles. The number of hydrazine groups is 1. The summed E-state index contributed by atoms with van der Waals surface area (Å²) < 4.78 is 0. The summed E-state index contributed by atoms with van der Waals surface area (Å²) in [5.74, 6) is 5.81. The van der Waals surface area contributed by atoms with E-state index in [1.165, 1.54) is 0 Å². The van der Waals surface area contributed by atoms with Crippen LogP contribution in [0.4, 0.5) is 5.82 Å². The van der Waals surface area contributed by atoms with Gasteiger partial charge in [0.2, 0.25) is 0 Å². The third-order valence-electron chi connectivity index (χ3n) is 2.86. The van der Waals surface area contributed by atoms with Gasteiger partial charge in [0.15, 0.2) is 0 Å². The fraction of sp³-hybridized carbons (Fsp3) is 0.538. The number of rotatable bonds is 7. The summed E-state index contributed by atoms with van der Waals surface area (Å²) in [5, 5.41) is 0. The quantitative estimate of drug-likeness (QED) is 0.563. The molecule has 0 saturated heterocycles. The monoisotopic (exact) mass is 265 g/mol. The van der Waals surface area contributed by atoms with Gasteiger partial charge in [-0.3, -0.25) is 4.79 Å². The molecule has 0 aromatic carbocycles. The number of pyridine rings is 1. The van der Waals surface area contributed by atoms with Gasteiger partial charge in [-0.05, 0) is 46.1 Å². The number of aromatic nitrogens is 1. The second kappa shape index (κ2) is 7.70. The van der Waals surface area contributed by atoms with Gasteiger partial charge < -0.3 is 15.2 Å². The van der Waals surface area contributed by atoms with Crippen molar-refractivity contribution < 1.29 is 4.79 Å². The van der Waals surface area contributed by atoms with Crippen LogP contribution in [0.15, 0.2) is 18.3 Å². The fourth-order valence-electron chi connectivity index (χ4n) is 1.81. The summed E-state index contributed by atoms with van der Waals surface area (Å²) in [7, 11) is 4.06. The van der Waals surface area contributed by atoms with Gasteiger partial charge in [-0.15, -0.1) is 0 Å². The first-order chi connectivity index (χ1) is 9.08. The highest BCUT2D eigenvalue weighted by Crippen LogP contribution is 2.09. The highest BCUT2D eigenvalue weighted by molar-refractivity contribution is 5.94. The Labute approximate surface area is 114 Å². The van der Waals surface area contributed by atoms with Crippen LogP contribution in [-0.4, -0.2) is 54.4 Å². The van der Waals surface area contributed by atoms with Crippen molar-refractivity contribution in [3.05, 3.63) is 23.9 Å². The minimum Gasteiger partial charge on any atom is -0.339 e. The Balaban J connectivity index is 2.66. The number of nitrogen functional groups attached to an aromatic ring is 1. The van der Waals surface area contributed by atoms with Gasteiger partial charge in [0, 0.05) is 24.8 Å². The van der Waals surface area contributed by atoms with Gasteiger partial charge in [-0.1, -0.05) is 0 Å². The van der Waals surface area contributed by atoms with Crippen molar-refractivity contribution in [3.63, 3.8) is 0 Å². The maximum Gasteiger partial charge on any atom is 0.254 e. The Morgan fingerprint density at radius 3 is 2.74 bits per heavy atom. The molecule has 0 fully saturated rings. The van der Waals surface area contributed by atoms with E-state index in [2.05, 4.69) is 15.3 Å². The number of anilines is 1. The maximum absolute atomic E-state index is 12.3. The Kier molecular flexibility index (Phi) is 6.24. The Hall–Kier alpha value is -1.66. The van der Waals surface area contributed by atoms with E-state index in [-0.39, 0.29) is 5.91 Å². The van der Waals surface area contributed by atoms with Crippen molar-refractivity contribution >= 4 is 11.7 Å². The van der Waals surface area contributed by atoms with E-state index >= 15 is 0 Å². The summed E-state index contributed by atoms with van der Waals surface area (Å²) in [4.78, 5) is 20.3. The van der Waals surface area contributed by atoms with E-state index in [1.807, 2.05) is 25.9 Å². The second-order valence-electron chi connectivity index (χ2n) is 4.62. The van der Waals surface area contributed by atoms with Crippen LogP contribution in [0.25, 0.3) is 0 Å². The summed E-state index contributed by atoms with van der Waals surface area (Å²) >= 11 is 0. The summed E-state index contributed by atoms with van der Waals surface area (Å²) in [6.07, 6.45) is 2.54. The lowest BCUT2D eigenvalue weighted by molar-refractivity contribution is 0.0759. The fourth-order valence-corrected chi connectivity index (χ4v) is 1.81. The highest BCUT2D eigenvalue weighted by atomic mass is 16.2. The molecule has 0 atom stereocenters. The number of nitrogens with one attached hydrogen (secondary N) is 1. The lowest BCUT2D eigenvalue weighted by atomic mass is 10.2. The van der Waals surface area contributed by atoms with Crippen LogP contribution in [-0.2, 0) is 0 Å². The van der Waals surface area contributed by atoms with Crippen LogP contribution in [0.1, 0.15) is 23.7 Å². The van der Waals surface area contributed by atoms with Gasteiger partial charge in [-0.2, -0.15) is 0 Å². The summed E-state index contributed by atoms with van der Waals surface area (Å²) in [6.45, 7) is 4.40. The molecule has 1 heterocycles. The number of amides is 1. The van der Waals surface area contributed by atoms with Gasteiger partial charge in [0.25, 0.3) is 5.91 Å². The zero-order valence-electron chi connectivity index (χ0n) is 11.9. The van der Waals surface area contributed by atoms with Gasteiger partial charge in [0.1, 0.15) is 5.82 Å². The second-order valence-corrected chi connectivity index (χ2v) is 4.62. The van der Waals surface area contributed by atoms with E-state index in [4.69, 9.17) is 5.84 Å². The molecule has 6 nitrogen and oxygen atoms in total. The predicted molar refractivity (Wildman–Crippen MR) is 76.8 cm³/mol. The predicted octanol–water partition coefficient (Wildman–Crippen LogP) is 0.781. The van der Waals surface area contributed by atoms with Crippen LogP contribution >= 0.6 is 0 Å². The summed E-state index contributed by atoms with van der Waals surface area (Å²) in [6, 6.07) is 3.37. The molecular weight excluding hydrogens is 242 g/mol. The van der Waals surface area contributed by atoms with Gasteiger partial charge in [-0.25, -0.2) is 10.8 Å². The van der Waals surface area contributed by atoms with Crippen molar-refractivity contribution in [1.29, 1.82) is 0 Å². The van der Waals surface area contributed by atoms with Crippen molar-refractivity contribution in [2.75, 3.05) is 39.2 Å². The van der Waals surface area contributed by atoms with Crippen molar-refractivity contribution in [1.82, 2.24) is 14.8 Å². The SMILES string of the molecule is CCN(CCCN(C)C)C(=O)c1ccnc(NN)c1. The maximum atomic E-state index is 12.3. The number of hydrogen-bond acceptors (Lipinski definition) is 5. The molecule has 0 radical (unpaired) electrons. The van der Waals surface area contributed by atoms with Gasteiger partial charge in [0.05, 0.1) is 0 Å². The standard InChI is InChI=1S/C13H23N5O/c1-4-18(9-5-8-17(2)3)13(19)11-6-7-15-12(10-11)16-14/h6-7,10H,4-5,8-9,14H2,1-3H3,(H,15,16). The van der Waals surface area contributed by atoms with Crippen LogP contribution in [0, 0.1) is 0 Å². The van der Waals surface area contributed by atoms with Crippen molar-refractivity contribution in [2.24, 2.45) is 5.84 Å². The lowest BCUT2D eigenvalue weighted by Gasteiger charge is -2.22. The van der Waals surface area contributed by atoms with Crippen LogP contribution < -0.4 is 11.3 Å².